The molecule has 1 aromatic carbocycles. The summed E-state index contributed by atoms with van der Waals surface area (Å²) in [6.45, 7) is 0.774. The summed E-state index contributed by atoms with van der Waals surface area (Å²) in [5, 5.41) is 11.9. The van der Waals surface area contributed by atoms with Crippen molar-refractivity contribution in [2.75, 3.05) is 26.2 Å². The van der Waals surface area contributed by atoms with Gasteiger partial charge in [0, 0.05) is 31.6 Å². The van der Waals surface area contributed by atoms with Crippen molar-refractivity contribution in [3.8, 4) is 5.75 Å². The minimum atomic E-state index is -3.71. The van der Waals surface area contributed by atoms with Crippen LogP contribution in [0.4, 0.5) is 0 Å². The second-order valence-electron chi connectivity index (χ2n) is 5.45. The SMILES string of the molecule is O=C(O)[C@@H]1CN(S(=O)(=O)C2=Cc3ccccc3OCC2)CCN1. The molecule has 2 aliphatic rings. The molecule has 1 fully saturated rings. The second-order valence-corrected chi connectivity index (χ2v) is 7.45. The number of nitrogens with one attached hydrogen (secondary N) is 1. The maximum atomic E-state index is 12.9. The maximum Gasteiger partial charge on any atom is 0.322 e. The van der Waals surface area contributed by atoms with Gasteiger partial charge < -0.3 is 15.2 Å². The summed E-state index contributed by atoms with van der Waals surface area (Å²) in [7, 11) is -3.71. The first-order valence-electron chi connectivity index (χ1n) is 7.37. The van der Waals surface area contributed by atoms with Crippen LogP contribution in [0.5, 0.6) is 5.75 Å². The lowest BCUT2D eigenvalue weighted by Crippen LogP contribution is -2.55. The summed E-state index contributed by atoms with van der Waals surface area (Å²) in [5.74, 6) is -0.394. The number of carboxylic acid groups (broad SMARTS) is 1. The predicted octanol–water partition coefficient (Wildman–Crippen LogP) is 0.498. The van der Waals surface area contributed by atoms with Crippen molar-refractivity contribution in [2.24, 2.45) is 0 Å². The molecule has 2 N–H and O–H groups in total. The number of benzene rings is 1. The first kappa shape index (κ1) is 16.0. The van der Waals surface area contributed by atoms with Crippen LogP contribution < -0.4 is 10.1 Å². The van der Waals surface area contributed by atoms with Crippen molar-refractivity contribution in [3.05, 3.63) is 34.7 Å². The zero-order valence-electron chi connectivity index (χ0n) is 12.4. The second kappa shape index (κ2) is 6.31. The molecule has 1 saturated heterocycles. The number of nitrogens with zero attached hydrogens (tertiary/aromatic N) is 1. The van der Waals surface area contributed by atoms with Gasteiger partial charge in [-0.1, -0.05) is 18.2 Å². The van der Waals surface area contributed by atoms with Gasteiger partial charge in [-0.25, -0.2) is 8.42 Å². The number of hydrogen-bond donors (Lipinski definition) is 2. The third kappa shape index (κ3) is 3.24. The van der Waals surface area contributed by atoms with Crippen LogP contribution in [0.1, 0.15) is 12.0 Å². The Labute approximate surface area is 134 Å². The summed E-state index contributed by atoms with van der Waals surface area (Å²) in [4.78, 5) is 11.4. The third-order valence-electron chi connectivity index (χ3n) is 3.95. The van der Waals surface area contributed by atoms with Crippen molar-refractivity contribution in [2.45, 2.75) is 12.5 Å². The number of carbonyl (C=O) groups is 1. The smallest absolute Gasteiger partial charge is 0.322 e. The van der Waals surface area contributed by atoms with E-state index in [-0.39, 0.29) is 31.0 Å². The molecule has 1 atom stereocenters. The maximum absolute atomic E-state index is 12.9. The van der Waals surface area contributed by atoms with Crippen molar-refractivity contribution in [3.63, 3.8) is 0 Å². The lowest BCUT2D eigenvalue weighted by atomic mass is 10.2. The quantitative estimate of drug-likeness (QED) is 0.833. The van der Waals surface area contributed by atoms with E-state index in [1.165, 1.54) is 4.31 Å². The zero-order chi connectivity index (χ0) is 16.4. The number of rotatable bonds is 3. The summed E-state index contributed by atoms with van der Waals surface area (Å²) in [5.41, 5.74) is 0.716. The van der Waals surface area contributed by atoms with E-state index in [9.17, 15) is 13.2 Å². The molecule has 0 spiro atoms. The Morgan fingerprint density at radius 1 is 1.35 bits per heavy atom. The van der Waals surface area contributed by atoms with Gasteiger partial charge in [0.05, 0.1) is 11.5 Å². The molecule has 2 heterocycles. The van der Waals surface area contributed by atoms with Crippen molar-refractivity contribution in [1.29, 1.82) is 0 Å². The molecule has 0 unspecified atom stereocenters. The Morgan fingerprint density at radius 3 is 2.91 bits per heavy atom. The van der Waals surface area contributed by atoms with Gasteiger partial charge in [-0.3, -0.25) is 4.79 Å². The Morgan fingerprint density at radius 2 is 2.13 bits per heavy atom. The molecule has 0 aromatic heterocycles. The highest BCUT2D eigenvalue weighted by Crippen LogP contribution is 2.29. The van der Waals surface area contributed by atoms with E-state index in [2.05, 4.69) is 5.32 Å². The number of hydrogen-bond acceptors (Lipinski definition) is 5. The van der Waals surface area contributed by atoms with E-state index >= 15 is 0 Å². The molecule has 124 valence electrons. The number of carboxylic acids is 1. The fraction of sp³-hybridized carbons (Fsp3) is 0.400. The van der Waals surface area contributed by atoms with Gasteiger partial charge in [0.15, 0.2) is 0 Å². The Hall–Kier alpha value is -1.90. The Bertz CT molecular complexity index is 744. The molecule has 0 aliphatic carbocycles. The van der Waals surface area contributed by atoms with Gasteiger partial charge in [0.1, 0.15) is 11.8 Å². The molecule has 0 radical (unpaired) electrons. The van der Waals surface area contributed by atoms with Crippen molar-refractivity contribution < 1.29 is 23.1 Å². The van der Waals surface area contributed by atoms with Crippen LogP contribution in [0.3, 0.4) is 0 Å². The number of ether oxygens (including phenoxy) is 1. The zero-order valence-corrected chi connectivity index (χ0v) is 13.3. The minimum absolute atomic E-state index is 0.0719. The van der Waals surface area contributed by atoms with Gasteiger partial charge >= 0.3 is 5.97 Å². The van der Waals surface area contributed by atoms with Crippen LogP contribution in [0.2, 0.25) is 0 Å². The predicted molar refractivity (Wildman–Crippen MR) is 84.5 cm³/mol. The van der Waals surface area contributed by atoms with Crippen LogP contribution in [0, 0.1) is 0 Å². The normalized spacial score (nSPS) is 22.4. The van der Waals surface area contributed by atoms with Gasteiger partial charge in [0.2, 0.25) is 10.0 Å². The third-order valence-corrected chi connectivity index (χ3v) is 5.95. The fourth-order valence-corrected chi connectivity index (χ4v) is 4.34. The summed E-state index contributed by atoms with van der Waals surface area (Å²) in [6.07, 6.45) is 1.88. The monoisotopic (exact) mass is 338 g/mol. The highest BCUT2D eigenvalue weighted by molar-refractivity contribution is 7.93. The van der Waals surface area contributed by atoms with Gasteiger partial charge in [-0.2, -0.15) is 4.31 Å². The summed E-state index contributed by atoms with van der Waals surface area (Å²) < 4.78 is 32.5. The lowest BCUT2D eigenvalue weighted by Gasteiger charge is -2.31. The van der Waals surface area contributed by atoms with Crippen LogP contribution >= 0.6 is 0 Å². The average Bonchev–Trinajstić information content (AvgIpc) is 2.77. The number of para-hydroxylation sites is 1. The van der Waals surface area contributed by atoms with E-state index in [1.807, 2.05) is 12.1 Å². The molecule has 0 bridgehead atoms. The van der Waals surface area contributed by atoms with E-state index in [0.717, 1.165) is 0 Å². The van der Waals surface area contributed by atoms with Crippen LogP contribution in [-0.2, 0) is 14.8 Å². The number of aliphatic carboxylic acids is 1. The molecule has 23 heavy (non-hydrogen) atoms. The van der Waals surface area contributed by atoms with Crippen LogP contribution in [0.25, 0.3) is 6.08 Å². The van der Waals surface area contributed by atoms with Crippen LogP contribution in [0.15, 0.2) is 29.2 Å². The molecular weight excluding hydrogens is 320 g/mol. The minimum Gasteiger partial charge on any atom is -0.493 e. The fourth-order valence-electron chi connectivity index (χ4n) is 2.71. The summed E-state index contributed by atoms with van der Waals surface area (Å²) in [6, 6.07) is 6.37. The molecule has 7 nitrogen and oxygen atoms in total. The molecule has 0 amide bonds. The molecule has 1 aromatic rings. The molecule has 8 heteroatoms. The van der Waals surface area contributed by atoms with Crippen LogP contribution in [-0.4, -0.2) is 56.1 Å². The van der Waals surface area contributed by atoms with Crippen molar-refractivity contribution >= 4 is 22.1 Å². The van der Waals surface area contributed by atoms with E-state index in [0.29, 0.717) is 17.9 Å². The standard InChI is InChI=1S/C15H18N2O5S/c18-15(19)13-10-17(7-6-16-13)23(20,21)12-5-8-22-14-4-2-1-3-11(14)9-12/h1-4,9,13,16H,5-8,10H2,(H,18,19)/t13-/m0/s1. The molecule has 2 aliphatic heterocycles. The number of fused-ring (bicyclic) bond motifs is 1. The number of sulfonamides is 1. The Kier molecular flexibility index (Phi) is 4.38. The highest BCUT2D eigenvalue weighted by Gasteiger charge is 2.34. The number of piperazine rings is 1. The van der Waals surface area contributed by atoms with E-state index in [4.69, 9.17) is 9.84 Å². The van der Waals surface area contributed by atoms with E-state index in [1.54, 1.807) is 18.2 Å². The van der Waals surface area contributed by atoms with Gasteiger partial charge in [-0.15, -0.1) is 0 Å². The van der Waals surface area contributed by atoms with Gasteiger partial charge in [-0.05, 0) is 12.1 Å². The first-order valence-corrected chi connectivity index (χ1v) is 8.81. The van der Waals surface area contributed by atoms with E-state index < -0.39 is 22.0 Å². The topological polar surface area (TPSA) is 95.9 Å². The molecular formula is C15H18N2O5S. The molecule has 3 rings (SSSR count). The first-order chi connectivity index (χ1) is 11.0. The lowest BCUT2D eigenvalue weighted by molar-refractivity contribution is -0.140. The largest absolute Gasteiger partial charge is 0.493 e. The van der Waals surface area contributed by atoms with Crippen molar-refractivity contribution in [1.82, 2.24) is 9.62 Å². The highest BCUT2D eigenvalue weighted by atomic mass is 32.2. The molecule has 0 saturated carbocycles. The summed E-state index contributed by atoms with van der Waals surface area (Å²) >= 11 is 0. The van der Waals surface area contributed by atoms with Gasteiger partial charge in [0.25, 0.3) is 0 Å². The Balaban J connectivity index is 1.90. The average molecular weight is 338 g/mol.